The number of hydrogen-bond acceptors (Lipinski definition) is 4. The summed E-state index contributed by atoms with van der Waals surface area (Å²) in [7, 11) is 0. The van der Waals surface area contributed by atoms with Crippen LogP contribution in [0.5, 0.6) is 0 Å². The van der Waals surface area contributed by atoms with Gasteiger partial charge in [0.25, 0.3) is 5.69 Å². The number of nitro benzene ring substituents is 1. The van der Waals surface area contributed by atoms with E-state index in [9.17, 15) is 14.5 Å². The van der Waals surface area contributed by atoms with Crippen molar-refractivity contribution in [1.82, 2.24) is 0 Å². The molecule has 0 bridgehead atoms. The van der Waals surface area contributed by atoms with Gasteiger partial charge in [0, 0.05) is 15.9 Å². The molecule has 2 aromatic carbocycles. The normalized spacial score (nSPS) is 12.3. The smallest absolute Gasteiger partial charge is 0.293 e. The molecule has 0 atom stereocenters. The molecule has 3 rings (SSSR count). The molecule has 90 valence electrons. The average Bonchev–Trinajstić information content (AvgIpc) is 2.35. The van der Waals surface area contributed by atoms with Crippen LogP contribution in [0.15, 0.2) is 46.2 Å². The minimum Gasteiger partial charge on any atom is -0.348 e. The molecule has 0 radical (unpaired) electrons. The number of hydrogen-bond donors (Lipinski definition) is 1. The van der Waals surface area contributed by atoms with E-state index in [1.54, 1.807) is 18.2 Å². The van der Waals surface area contributed by atoms with Gasteiger partial charge in [-0.25, -0.2) is 4.39 Å². The highest BCUT2D eigenvalue weighted by atomic mass is 32.2. The molecule has 6 heteroatoms. The van der Waals surface area contributed by atoms with E-state index in [1.165, 1.54) is 30.0 Å². The molecule has 0 saturated heterocycles. The van der Waals surface area contributed by atoms with E-state index in [0.29, 0.717) is 11.4 Å². The third-order valence-corrected chi connectivity index (χ3v) is 3.74. The van der Waals surface area contributed by atoms with Gasteiger partial charge in [0.05, 0.1) is 10.6 Å². The van der Waals surface area contributed by atoms with Crippen LogP contribution < -0.4 is 5.32 Å². The second kappa shape index (κ2) is 3.99. The van der Waals surface area contributed by atoms with E-state index in [4.69, 9.17) is 0 Å². The van der Waals surface area contributed by atoms with Gasteiger partial charge in [-0.1, -0.05) is 17.8 Å². The molecule has 1 heterocycles. The lowest BCUT2D eigenvalue weighted by molar-refractivity contribution is -0.384. The quantitative estimate of drug-likeness (QED) is 0.533. The van der Waals surface area contributed by atoms with E-state index in [1.807, 2.05) is 0 Å². The predicted molar refractivity (Wildman–Crippen MR) is 66.9 cm³/mol. The summed E-state index contributed by atoms with van der Waals surface area (Å²) in [5.41, 5.74) is 1.17. The minimum atomic E-state index is -0.430. The molecule has 18 heavy (non-hydrogen) atoms. The number of nitrogens with one attached hydrogen (secondary N) is 1. The topological polar surface area (TPSA) is 55.2 Å². The largest absolute Gasteiger partial charge is 0.348 e. The van der Waals surface area contributed by atoms with Gasteiger partial charge < -0.3 is 5.32 Å². The summed E-state index contributed by atoms with van der Waals surface area (Å²) < 4.78 is 13.1. The fourth-order valence-corrected chi connectivity index (χ4v) is 2.86. The first-order chi connectivity index (χ1) is 8.65. The first-order valence-electron chi connectivity index (χ1n) is 5.17. The molecular formula is C12H7FN2O2S. The van der Waals surface area contributed by atoms with E-state index < -0.39 is 4.92 Å². The lowest BCUT2D eigenvalue weighted by atomic mass is 10.2. The Morgan fingerprint density at radius 3 is 2.83 bits per heavy atom. The highest BCUT2D eigenvalue weighted by Gasteiger charge is 2.23. The van der Waals surface area contributed by atoms with Crippen molar-refractivity contribution in [3.63, 3.8) is 0 Å². The van der Waals surface area contributed by atoms with Crippen molar-refractivity contribution < 1.29 is 9.31 Å². The van der Waals surface area contributed by atoms with E-state index in [2.05, 4.69) is 5.32 Å². The number of para-hydroxylation sites is 1. The Morgan fingerprint density at radius 1 is 1.22 bits per heavy atom. The Balaban J connectivity index is 2.13. The van der Waals surface area contributed by atoms with Crippen LogP contribution in [0.3, 0.4) is 0 Å². The van der Waals surface area contributed by atoms with Crippen LogP contribution in [-0.4, -0.2) is 4.92 Å². The van der Waals surface area contributed by atoms with Crippen LogP contribution >= 0.6 is 11.8 Å². The van der Waals surface area contributed by atoms with Crippen molar-refractivity contribution in [3.8, 4) is 0 Å². The molecule has 0 saturated carbocycles. The minimum absolute atomic E-state index is 0.0231. The second-order valence-corrected chi connectivity index (χ2v) is 4.86. The third-order valence-electron chi connectivity index (χ3n) is 2.62. The Labute approximate surface area is 106 Å². The zero-order valence-electron chi connectivity index (χ0n) is 9.01. The Kier molecular flexibility index (Phi) is 2.45. The summed E-state index contributed by atoms with van der Waals surface area (Å²) in [6.45, 7) is 0. The van der Waals surface area contributed by atoms with Gasteiger partial charge in [-0.2, -0.15) is 0 Å². The van der Waals surface area contributed by atoms with Crippen molar-refractivity contribution in [3.05, 3.63) is 52.3 Å². The summed E-state index contributed by atoms with van der Waals surface area (Å²) in [6.07, 6.45) is 0. The zero-order valence-corrected chi connectivity index (χ0v) is 9.83. The van der Waals surface area contributed by atoms with Crippen molar-refractivity contribution in [2.24, 2.45) is 0 Å². The van der Waals surface area contributed by atoms with Gasteiger partial charge in [-0.15, -0.1) is 0 Å². The molecule has 0 unspecified atom stereocenters. The van der Waals surface area contributed by atoms with Crippen LogP contribution in [0.4, 0.5) is 21.5 Å². The molecule has 4 nitrogen and oxygen atoms in total. The molecule has 1 aliphatic rings. The number of fused-ring (bicyclic) bond motifs is 2. The molecule has 0 amide bonds. The Morgan fingerprint density at radius 2 is 2.06 bits per heavy atom. The molecule has 2 aromatic rings. The maximum absolute atomic E-state index is 13.1. The molecule has 1 N–H and O–H groups in total. The molecule has 0 fully saturated rings. The van der Waals surface area contributed by atoms with E-state index in [-0.39, 0.29) is 11.5 Å². The van der Waals surface area contributed by atoms with Crippen LogP contribution in [0.1, 0.15) is 0 Å². The lowest BCUT2D eigenvalue weighted by Crippen LogP contribution is -2.03. The number of nitro groups is 1. The van der Waals surface area contributed by atoms with Gasteiger partial charge in [0.2, 0.25) is 0 Å². The lowest BCUT2D eigenvalue weighted by Gasteiger charge is -2.20. The van der Waals surface area contributed by atoms with E-state index in [0.717, 1.165) is 9.79 Å². The van der Waals surface area contributed by atoms with Crippen molar-refractivity contribution in [1.29, 1.82) is 0 Å². The monoisotopic (exact) mass is 262 g/mol. The second-order valence-electron chi connectivity index (χ2n) is 3.77. The highest BCUT2D eigenvalue weighted by Crippen LogP contribution is 2.47. The summed E-state index contributed by atoms with van der Waals surface area (Å²) in [4.78, 5) is 12.0. The maximum atomic E-state index is 13.1. The number of rotatable bonds is 1. The van der Waals surface area contributed by atoms with Crippen molar-refractivity contribution >= 4 is 28.8 Å². The first-order valence-corrected chi connectivity index (χ1v) is 5.98. The molecule has 0 aromatic heterocycles. The molecule has 0 spiro atoms. The van der Waals surface area contributed by atoms with Crippen molar-refractivity contribution in [2.45, 2.75) is 9.79 Å². The highest BCUT2D eigenvalue weighted by molar-refractivity contribution is 7.99. The average molecular weight is 262 g/mol. The maximum Gasteiger partial charge on any atom is 0.293 e. The van der Waals surface area contributed by atoms with E-state index >= 15 is 0 Å². The number of anilines is 2. The first kappa shape index (κ1) is 11.0. The predicted octanol–water partition coefficient (Wildman–Crippen LogP) is 3.94. The number of halogens is 1. The summed E-state index contributed by atoms with van der Waals surface area (Å²) >= 11 is 1.32. The fourth-order valence-electron chi connectivity index (χ4n) is 1.82. The van der Waals surface area contributed by atoms with Gasteiger partial charge in [-0.05, 0) is 24.3 Å². The summed E-state index contributed by atoms with van der Waals surface area (Å²) in [5, 5.41) is 13.9. The zero-order chi connectivity index (χ0) is 12.7. The Bertz CT molecular complexity index is 661. The molecule has 0 aliphatic carbocycles. The van der Waals surface area contributed by atoms with Gasteiger partial charge in [0.15, 0.2) is 0 Å². The van der Waals surface area contributed by atoms with Gasteiger partial charge in [0.1, 0.15) is 11.5 Å². The number of benzene rings is 2. The summed E-state index contributed by atoms with van der Waals surface area (Å²) in [6, 6.07) is 9.16. The Hall–Kier alpha value is -2.08. The van der Waals surface area contributed by atoms with Crippen LogP contribution in [0.25, 0.3) is 0 Å². The molecule has 1 aliphatic heterocycles. The van der Waals surface area contributed by atoms with Gasteiger partial charge >= 0.3 is 0 Å². The third kappa shape index (κ3) is 1.70. The van der Waals surface area contributed by atoms with Crippen LogP contribution in [0.2, 0.25) is 0 Å². The summed E-state index contributed by atoms with van der Waals surface area (Å²) in [5.74, 6) is -0.322. The van der Waals surface area contributed by atoms with Crippen LogP contribution in [-0.2, 0) is 0 Å². The van der Waals surface area contributed by atoms with Gasteiger partial charge in [-0.3, -0.25) is 10.1 Å². The number of nitrogens with zero attached hydrogens (tertiary/aromatic N) is 1. The van der Waals surface area contributed by atoms with Crippen LogP contribution in [0, 0.1) is 15.9 Å². The van der Waals surface area contributed by atoms with Crippen molar-refractivity contribution in [2.75, 3.05) is 5.32 Å². The fraction of sp³-hybridized carbons (Fsp3) is 0. The molecular weight excluding hydrogens is 255 g/mol. The standard InChI is InChI=1S/C12H7FN2O2S/c13-7-4-5-8-11(6-7)18-10-3-1-2-9(15(16)17)12(10)14-8/h1-6,14H. The SMILES string of the molecule is O=[N+]([O-])c1cccc2c1Nc1ccc(F)cc1S2.